The van der Waals surface area contributed by atoms with Gasteiger partial charge in [-0.25, -0.2) is 0 Å². The van der Waals surface area contributed by atoms with Crippen LogP contribution in [0.3, 0.4) is 0 Å². The first kappa shape index (κ1) is 11.4. The van der Waals surface area contributed by atoms with Crippen molar-refractivity contribution in [3.8, 4) is 0 Å². The van der Waals surface area contributed by atoms with Crippen molar-refractivity contribution in [2.24, 2.45) is 0 Å². The van der Waals surface area contributed by atoms with E-state index in [4.69, 9.17) is 11.6 Å². The van der Waals surface area contributed by atoms with Gasteiger partial charge in [0, 0.05) is 29.7 Å². The summed E-state index contributed by atoms with van der Waals surface area (Å²) in [4.78, 5) is 12.8. The third-order valence-corrected chi connectivity index (χ3v) is 3.39. The Morgan fingerprint density at radius 1 is 1.31 bits per heavy atom. The van der Waals surface area contributed by atoms with E-state index in [0.717, 1.165) is 30.6 Å². The van der Waals surface area contributed by atoms with Crippen molar-refractivity contribution in [2.45, 2.75) is 12.8 Å². The van der Waals surface area contributed by atoms with Crippen LogP contribution < -0.4 is 0 Å². The highest BCUT2D eigenvalue weighted by molar-refractivity contribution is 6.31. The summed E-state index contributed by atoms with van der Waals surface area (Å²) in [5, 5.41) is 11.6. The van der Waals surface area contributed by atoms with Crippen LogP contribution in [0.1, 0.15) is 11.1 Å². The van der Waals surface area contributed by atoms with E-state index in [1.54, 1.807) is 6.07 Å². The molecule has 0 spiro atoms. The average molecular weight is 241 g/mol. The standard InChI is InChI=1S/C11H13ClN2O2/c1-13-6-4-8-9(5-7-13)11(14(15)16)3-2-10(8)12/h2-3H,4-7H2,1H3. The lowest BCUT2D eigenvalue weighted by molar-refractivity contribution is -0.385. The van der Waals surface area contributed by atoms with E-state index in [1.165, 1.54) is 6.07 Å². The zero-order chi connectivity index (χ0) is 11.7. The van der Waals surface area contributed by atoms with Crippen molar-refractivity contribution >= 4 is 17.3 Å². The molecular weight excluding hydrogens is 228 g/mol. The number of likely N-dealkylation sites (N-methyl/N-ethyl adjacent to an activating group) is 1. The lowest BCUT2D eigenvalue weighted by atomic mass is 10.0. The van der Waals surface area contributed by atoms with E-state index in [2.05, 4.69) is 4.90 Å². The zero-order valence-corrected chi connectivity index (χ0v) is 9.83. The van der Waals surface area contributed by atoms with Crippen molar-refractivity contribution < 1.29 is 4.92 Å². The van der Waals surface area contributed by atoms with E-state index in [1.807, 2.05) is 7.05 Å². The van der Waals surface area contributed by atoms with Gasteiger partial charge in [-0.05, 0) is 31.5 Å². The predicted octanol–water partition coefficient (Wildman–Crippen LogP) is 2.28. The first-order valence-electron chi connectivity index (χ1n) is 5.23. The van der Waals surface area contributed by atoms with E-state index in [0.29, 0.717) is 11.4 Å². The fourth-order valence-electron chi connectivity index (χ4n) is 2.09. The van der Waals surface area contributed by atoms with Crippen LogP contribution in [-0.4, -0.2) is 30.0 Å². The maximum absolute atomic E-state index is 10.9. The fourth-order valence-corrected chi connectivity index (χ4v) is 2.36. The maximum atomic E-state index is 10.9. The first-order valence-corrected chi connectivity index (χ1v) is 5.60. The minimum Gasteiger partial charge on any atom is -0.306 e. The van der Waals surface area contributed by atoms with Crippen molar-refractivity contribution in [1.29, 1.82) is 0 Å². The van der Waals surface area contributed by atoms with Gasteiger partial charge >= 0.3 is 0 Å². The SMILES string of the molecule is CN1CCc2c(Cl)ccc([N+](=O)[O-])c2CC1. The van der Waals surface area contributed by atoms with E-state index in [9.17, 15) is 10.1 Å². The van der Waals surface area contributed by atoms with Crippen LogP contribution in [0.2, 0.25) is 5.02 Å². The molecule has 0 fully saturated rings. The molecule has 1 heterocycles. The molecule has 2 rings (SSSR count). The molecule has 1 aromatic rings. The monoisotopic (exact) mass is 240 g/mol. The highest BCUT2D eigenvalue weighted by atomic mass is 35.5. The van der Waals surface area contributed by atoms with Gasteiger partial charge in [-0.15, -0.1) is 0 Å². The number of rotatable bonds is 1. The van der Waals surface area contributed by atoms with Gasteiger partial charge in [-0.1, -0.05) is 11.6 Å². The highest BCUT2D eigenvalue weighted by Crippen LogP contribution is 2.31. The fraction of sp³-hybridized carbons (Fsp3) is 0.455. The van der Waals surface area contributed by atoms with Gasteiger partial charge in [0.25, 0.3) is 5.69 Å². The van der Waals surface area contributed by atoms with Gasteiger partial charge in [-0.3, -0.25) is 10.1 Å². The second-order valence-corrected chi connectivity index (χ2v) is 4.49. The molecular formula is C11H13ClN2O2. The van der Waals surface area contributed by atoms with Crippen LogP contribution in [0.5, 0.6) is 0 Å². The minimum atomic E-state index is -0.319. The minimum absolute atomic E-state index is 0.203. The van der Waals surface area contributed by atoms with Crippen LogP contribution in [0, 0.1) is 10.1 Å². The summed E-state index contributed by atoms with van der Waals surface area (Å²) in [5.74, 6) is 0. The van der Waals surface area contributed by atoms with E-state index >= 15 is 0 Å². The zero-order valence-electron chi connectivity index (χ0n) is 9.07. The van der Waals surface area contributed by atoms with Crippen LogP contribution in [-0.2, 0) is 12.8 Å². The van der Waals surface area contributed by atoms with Crippen LogP contribution >= 0.6 is 11.6 Å². The van der Waals surface area contributed by atoms with E-state index < -0.39 is 0 Å². The van der Waals surface area contributed by atoms with Gasteiger partial charge in [-0.2, -0.15) is 0 Å². The average Bonchev–Trinajstić information content (AvgIpc) is 2.42. The summed E-state index contributed by atoms with van der Waals surface area (Å²) in [6, 6.07) is 3.14. The molecule has 86 valence electrons. The number of nitro groups is 1. The largest absolute Gasteiger partial charge is 0.306 e. The Labute approximate surface area is 99.0 Å². The molecule has 1 aliphatic heterocycles. The van der Waals surface area contributed by atoms with Crippen molar-refractivity contribution in [1.82, 2.24) is 4.90 Å². The van der Waals surface area contributed by atoms with Gasteiger partial charge in [0.15, 0.2) is 0 Å². The molecule has 5 heteroatoms. The topological polar surface area (TPSA) is 46.4 Å². The van der Waals surface area contributed by atoms with Crippen LogP contribution in [0.25, 0.3) is 0 Å². The number of fused-ring (bicyclic) bond motifs is 1. The van der Waals surface area contributed by atoms with Crippen LogP contribution in [0.4, 0.5) is 5.69 Å². The van der Waals surface area contributed by atoms with Gasteiger partial charge in [0.1, 0.15) is 0 Å². The summed E-state index contributed by atoms with van der Waals surface area (Å²) in [7, 11) is 2.02. The number of benzene rings is 1. The second-order valence-electron chi connectivity index (χ2n) is 4.08. The molecule has 1 aromatic carbocycles. The third kappa shape index (κ3) is 2.03. The third-order valence-electron chi connectivity index (χ3n) is 3.03. The number of hydrogen-bond donors (Lipinski definition) is 0. The molecule has 0 atom stereocenters. The highest BCUT2D eigenvalue weighted by Gasteiger charge is 2.22. The summed E-state index contributed by atoms with van der Waals surface area (Å²) >= 11 is 6.10. The molecule has 0 radical (unpaired) electrons. The molecule has 4 nitrogen and oxygen atoms in total. The van der Waals surface area contributed by atoms with E-state index in [-0.39, 0.29) is 10.6 Å². The number of hydrogen-bond acceptors (Lipinski definition) is 3. The summed E-state index contributed by atoms with van der Waals surface area (Å²) in [6.07, 6.45) is 1.48. The molecule has 0 N–H and O–H groups in total. The Balaban J connectivity index is 2.51. The molecule has 1 aliphatic rings. The number of nitrogens with zero attached hydrogens (tertiary/aromatic N) is 2. The molecule has 16 heavy (non-hydrogen) atoms. The Hall–Kier alpha value is -1.13. The summed E-state index contributed by atoms with van der Waals surface area (Å²) in [6.45, 7) is 1.74. The molecule has 0 amide bonds. The Morgan fingerprint density at radius 2 is 1.94 bits per heavy atom. The molecule has 0 aromatic heterocycles. The Morgan fingerprint density at radius 3 is 2.56 bits per heavy atom. The van der Waals surface area contributed by atoms with Gasteiger partial charge in [0.2, 0.25) is 0 Å². The quantitative estimate of drug-likeness (QED) is 0.559. The molecule has 0 saturated heterocycles. The molecule has 0 saturated carbocycles. The van der Waals surface area contributed by atoms with Gasteiger partial charge < -0.3 is 4.90 Å². The van der Waals surface area contributed by atoms with Gasteiger partial charge in [0.05, 0.1) is 4.92 Å². The summed E-state index contributed by atoms with van der Waals surface area (Å²) in [5.41, 5.74) is 1.96. The van der Waals surface area contributed by atoms with Crippen molar-refractivity contribution in [3.05, 3.63) is 38.4 Å². The number of nitro benzene ring substituents is 1. The predicted molar refractivity (Wildman–Crippen MR) is 63.0 cm³/mol. The molecule has 0 unspecified atom stereocenters. The van der Waals surface area contributed by atoms with Crippen molar-refractivity contribution in [2.75, 3.05) is 20.1 Å². The normalized spacial score (nSPS) is 16.6. The Bertz CT molecular complexity index is 434. The number of halogens is 1. The maximum Gasteiger partial charge on any atom is 0.273 e. The lowest BCUT2D eigenvalue weighted by Crippen LogP contribution is -2.20. The Kier molecular flexibility index (Phi) is 3.12. The van der Waals surface area contributed by atoms with Crippen LogP contribution in [0.15, 0.2) is 12.1 Å². The lowest BCUT2D eigenvalue weighted by Gasteiger charge is -2.10. The second kappa shape index (κ2) is 4.39. The first-order chi connectivity index (χ1) is 7.59. The molecule has 0 aliphatic carbocycles. The smallest absolute Gasteiger partial charge is 0.273 e. The summed E-state index contributed by atoms with van der Waals surface area (Å²) < 4.78 is 0. The van der Waals surface area contributed by atoms with Crippen molar-refractivity contribution in [3.63, 3.8) is 0 Å². The molecule has 0 bridgehead atoms.